The van der Waals surface area contributed by atoms with E-state index < -0.39 is 0 Å². The zero-order valence-corrected chi connectivity index (χ0v) is 11.3. The molecule has 0 bridgehead atoms. The monoisotopic (exact) mass is 235 g/mol. The molecule has 2 N–H and O–H groups in total. The minimum Gasteiger partial charge on any atom is -0.329 e. The molecule has 1 heterocycles. The first kappa shape index (κ1) is 14.1. The van der Waals surface area contributed by atoms with Crippen molar-refractivity contribution >= 4 is 0 Å². The molecule has 1 rings (SSSR count). The van der Waals surface area contributed by atoms with E-state index in [0.717, 1.165) is 32.5 Å². The van der Waals surface area contributed by atoms with Crippen LogP contribution in [0.5, 0.6) is 0 Å². The fourth-order valence-electron chi connectivity index (χ4n) is 2.44. The van der Waals surface area contributed by atoms with Crippen molar-refractivity contribution < 1.29 is 0 Å². The summed E-state index contributed by atoms with van der Waals surface area (Å²) in [4.78, 5) is 6.55. The Hall–Kier alpha value is -0.930. The largest absolute Gasteiger partial charge is 0.329 e. The average molecular weight is 235 g/mol. The number of likely N-dealkylation sites (N-methyl/N-ethyl adjacent to an activating group) is 1. The summed E-state index contributed by atoms with van der Waals surface area (Å²) in [6, 6.07) is 4.16. The Morgan fingerprint density at radius 2 is 1.76 bits per heavy atom. The maximum Gasteiger partial charge on any atom is 0.0329 e. The SMILES string of the molecule is CCN(Cc1ccncc1)C(CC)(CC)CN. The molecule has 1 aromatic rings. The number of nitrogens with two attached hydrogens (primary N) is 1. The van der Waals surface area contributed by atoms with Crippen molar-refractivity contribution in [3.05, 3.63) is 30.1 Å². The normalized spacial score (nSPS) is 12.1. The summed E-state index contributed by atoms with van der Waals surface area (Å²) >= 11 is 0. The quantitative estimate of drug-likeness (QED) is 0.789. The highest BCUT2D eigenvalue weighted by molar-refractivity contribution is 5.10. The fraction of sp³-hybridized carbons (Fsp3) is 0.643. The van der Waals surface area contributed by atoms with Crippen LogP contribution in [0.25, 0.3) is 0 Å². The zero-order chi connectivity index (χ0) is 12.7. The third-order valence-corrected chi connectivity index (χ3v) is 3.87. The van der Waals surface area contributed by atoms with Crippen LogP contribution in [-0.2, 0) is 6.54 Å². The number of aromatic nitrogens is 1. The number of pyridine rings is 1. The van der Waals surface area contributed by atoms with Gasteiger partial charge in [0.25, 0.3) is 0 Å². The third kappa shape index (κ3) is 3.27. The van der Waals surface area contributed by atoms with Gasteiger partial charge >= 0.3 is 0 Å². The second-order valence-electron chi connectivity index (χ2n) is 4.51. The van der Waals surface area contributed by atoms with Crippen LogP contribution in [0.2, 0.25) is 0 Å². The Kier molecular flexibility index (Phi) is 5.59. The van der Waals surface area contributed by atoms with Gasteiger partial charge in [0.05, 0.1) is 0 Å². The molecule has 17 heavy (non-hydrogen) atoms. The van der Waals surface area contributed by atoms with Gasteiger partial charge in [-0.05, 0) is 37.1 Å². The van der Waals surface area contributed by atoms with Gasteiger partial charge in [-0.15, -0.1) is 0 Å². The molecular weight excluding hydrogens is 210 g/mol. The molecule has 0 fully saturated rings. The summed E-state index contributed by atoms with van der Waals surface area (Å²) < 4.78 is 0. The Bertz CT molecular complexity index is 298. The lowest BCUT2D eigenvalue weighted by Gasteiger charge is -2.42. The molecule has 0 aromatic carbocycles. The van der Waals surface area contributed by atoms with Gasteiger partial charge in [-0.3, -0.25) is 9.88 Å². The van der Waals surface area contributed by atoms with Crippen LogP contribution >= 0.6 is 0 Å². The van der Waals surface area contributed by atoms with E-state index >= 15 is 0 Å². The fourth-order valence-corrected chi connectivity index (χ4v) is 2.44. The third-order valence-electron chi connectivity index (χ3n) is 3.87. The van der Waals surface area contributed by atoms with Gasteiger partial charge in [0.15, 0.2) is 0 Å². The second kappa shape index (κ2) is 6.72. The predicted molar refractivity (Wildman–Crippen MR) is 72.7 cm³/mol. The molecule has 0 spiro atoms. The Labute approximate surface area is 105 Å². The second-order valence-corrected chi connectivity index (χ2v) is 4.51. The highest BCUT2D eigenvalue weighted by Crippen LogP contribution is 2.24. The number of hydrogen-bond acceptors (Lipinski definition) is 3. The number of nitrogens with zero attached hydrogens (tertiary/aromatic N) is 2. The lowest BCUT2D eigenvalue weighted by Crippen LogP contribution is -2.52. The number of hydrogen-bond donors (Lipinski definition) is 1. The van der Waals surface area contributed by atoms with Crippen LogP contribution < -0.4 is 5.73 Å². The van der Waals surface area contributed by atoms with Gasteiger partial charge in [-0.1, -0.05) is 20.8 Å². The lowest BCUT2D eigenvalue weighted by molar-refractivity contribution is 0.0828. The first-order chi connectivity index (χ1) is 8.22. The van der Waals surface area contributed by atoms with Crippen molar-refractivity contribution in [2.24, 2.45) is 5.73 Å². The van der Waals surface area contributed by atoms with Crippen LogP contribution in [0, 0.1) is 0 Å². The molecule has 0 saturated heterocycles. The molecule has 96 valence electrons. The molecule has 3 heteroatoms. The molecule has 3 nitrogen and oxygen atoms in total. The standard InChI is InChI=1S/C14H25N3/c1-4-14(5-2,12-15)17(6-3)11-13-7-9-16-10-8-13/h7-10H,4-6,11-12,15H2,1-3H3. The van der Waals surface area contributed by atoms with E-state index in [-0.39, 0.29) is 5.54 Å². The molecule has 1 aromatic heterocycles. The Morgan fingerprint density at radius 3 is 2.18 bits per heavy atom. The van der Waals surface area contributed by atoms with Crippen molar-refractivity contribution in [1.29, 1.82) is 0 Å². The molecule has 0 radical (unpaired) electrons. The minimum absolute atomic E-state index is 0.137. The van der Waals surface area contributed by atoms with Crippen molar-refractivity contribution in [2.75, 3.05) is 13.1 Å². The van der Waals surface area contributed by atoms with Crippen molar-refractivity contribution in [1.82, 2.24) is 9.88 Å². The average Bonchev–Trinajstić information content (AvgIpc) is 2.41. The van der Waals surface area contributed by atoms with Gasteiger partial charge in [0, 0.05) is 31.0 Å². The van der Waals surface area contributed by atoms with Crippen molar-refractivity contribution in [3.8, 4) is 0 Å². The molecule has 0 aliphatic carbocycles. The minimum atomic E-state index is 0.137. The van der Waals surface area contributed by atoms with Gasteiger partial charge in [-0.25, -0.2) is 0 Å². The molecule has 0 aliphatic heterocycles. The van der Waals surface area contributed by atoms with E-state index in [4.69, 9.17) is 5.73 Å². The zero-order valence-electron chi connectivity index (χ0n) is 11.3. The van der Waals surface area contributed by atoms with E-state index in [0.29, 0.717) is 0 Å². The first-order valence-corrected chi connectivity index (χ1v) is 6.56. The summed E-state index contributed by atoms with van der Waals surface area (Å²) in [5.74, 6) is 0. The molecular formula is C14H25N3. The summed E-state index contributed by atoms with van der Waals surface area (Å²) in [5, 5.41) is 0. The van der Waals surface area contributed by atoms with Crippen molar-refractivity contribution in [2.45, 2.75) is 45.7 Å². The summed E-state index contributed by atoms with van der Waals surface area (Å²) in [5.41, 5.74) is 7.45. The van der Waals surface area contributed by atoms with Crippen LogP contribution in [0.15, 0.2) is 24.5 Å². The maximum atomic E-state index is 6.00. The predicted octanol–water partition coefficient (Wildman–Crippen LogP) is 2.42. The van der Waals surface area contributed by atoms with Gasteiger partial charge < -0.3 is 5.73 Å². The van der Waals surface area contributed by atoms with Crippen LogP contribution in [0.3, 0.4) is 0 Å². The molecule has 0 atom stereocenters. The van der Waals surface area contributed by atoms with Crippen molar-refractivity contribution in [3.63, 3.8) is 0 Å². The van der Waals surface area contributed by atoms with Crippen LogP contribution in [0.4, 0.5) is 0 Å². The van der Waals surface area contributed by atoms with E-state index in [2.05, 4.69) is 42.8 Å². The topological polar surface area (TPSA) is 42.2 Å². The summed E-state index contributed by atoms with van der Waals surface area (Å²) in [6.07, 6.45) is 5.90. The molecule has 0 amide bonds. The van der Waals surface area contributed by atoms with Gasteiger partial charge in [-0.2, -0.15) is 0 Å². The Balaban J connectivity index is 2.83. The number of rotatable bonds is 7. The van der Waals surface area contributed by atoms with E-state index in [9.17, 15) is 0 Å². The highest BCUT2D eigenvalue weighted by atomic mass is 15.2. The van der Waals surface area contributed by atoms with Gasteiger partial charge in [0.2, 0.25) is 0 Å². The van der Waals surface area contributed by atoms with E-state index in [1.807, 2.05) is 12.4 Å². The Morgan fingerprint density at radius 1 is 1.18 bits per heavy atom. The van der Waals surface area contributed by atoms with E-state index in [1.165, 1.54) is 5.56 Å². The highest BCUT2D eigenvalue weighted by Gasteiger charge is 2.30. The first-order valence-electron chi connectivity index (χ1n) is 6.56. The van der Waals surface area contributed by atoms with Crippen LogP contribution in [-0.4, -0.2) is 28.5 Å². The molecule has 0 unspecified atom stereocenters. The van der Waals surface area contributed by atoms with Gasteiger partial charge in [0.1, 0.15) is 0 Å². The summed E-state index contributed by atoms with van der Waals surface area (Å²) in [7, 11) is 0. The maximum absolute atomic E-state index is 6.00. The molecule has 0 saturated carbocycles. The smallest absolute Gasteiger partial charge is 0.0329 e. The van der Waals surface area contributed by atoms with E-state index in [1.54, 1.807) is 0 Å². The lowest BCUT2D eigenvalue weighted by atomic mass is 9.90. The molecule has 0 aliphatic rings. The summed E-state index contributed by atoms with van der Waals surface area (Å²) in [6.45, 7) is 9.37. The van der Waals surface area contributed by atoms with Crippen LogP contribution in [0.1, 0.15) is 39.2 Å².